The van der Waals surface area contributed by atoms with Gasteiger partial charge in [0, 0.05) is 5.92 Å². The van der Waals surface area contributed by atoms with E-state index in [9.17, 15) is 4.79 Å². The van der Waals surface area contributed by atoms with Crippen molar-refractivity contribution in [2.24, 2.45) is 11.8 Å². The molecule has 2 fully saturated rings. The molecule has 0 N–H and O–H groups in total. The maximum Gasteiger partial charge on any atom is 0.157 e. The summed E-state index contributed by atoms with van der Waals surface area (Å²) in [5.41, 5.74) is 0. The second-order valence-corrected chi connectivity index (χ2v) is 4.41. The van der Waals surface area contributed by atoms with Crippen molar-refractivity contribution in [2.45, 2.75) is 37.5 Å². The van der Waals surface area contributed by atoms with E-state index in [1.54, 1.807) is 0 Å². The number of rotatable bonds is 1. The third kappa shape index (κ3) is 0.752. The van der Waals surface area contributed by atoms with Crippen LogP contribution in [0.3, 0.4) is 0 Å². The summed E-state index contributed by atoms with van der Waals surface area (Å²) >= 11 is 6.18. The summed E-state index contributed by atoms with van der Waals surface area (Å²) < 4.78 is 0. The predicted molar refractivity (Wildman–Crippen MR) is 44.7 cm³/mol. The zero-order valence-corrected chi connectivity index (χ0v) is 7.53. The molecule has 2 aliphatic rings. The summed E-state index contributed by atoms with van der Waals surface area (Å²) in [5.74, 6) is 1.14. The van der Waals surface area contributed by atoms with Crippen LogP contribution < -0.4 is 0 Å². The number of carbonyl (C=O) groups is 1. The summed E-state index contributed by atoms with van der Waals surface area (Å²) in [6, 6.07) is 0. The van der Waals surface area contributed by atoms with Gasteiger partial charge in [-0.1, -0.05) is 13.3 Å². The maximum absolute atomic E-state index is 11.5. The Morgan fingerprint density at radius 3 is 3.09 bits per heavy atom. The summed E-state index contributed by atoms with van der Waals surface area (Å²) in [6.07, 6.45) is 4.23. The van der Waals surface area contributed by atoms with Gasteiger partial charge in [0.05, 0.1) is 0 Å². The van der Waals surface area contributed by atoms with E-state index in [-0.39, 0.29) is 0 Å². The largest absolute Gasteiger partial charge is 0.297 e. The topological polar surface area (TPSA) is 17.1 Å². The fourth-order valence-corrected chi connectivity index (χ4v) is 3.22. The molecule has 0 radical (unpaired) electrons. The smallest absolute Gasteiger partial charge is 0.157 e. The fraction of sp³-hybridized carbons (Fsp3) is 0.889. The van der Waals surface area contributed by atoms with Crippen LogP contribution in [0, 0.1) is 11.8 Å². The molecular formula is C9H13ClO. The van der Waals surface area contributed by atoms with Crippen molar-refractivity contribution in [3.05, 3.63) is 0 Å². The Bertz CT molecular complexity index is 202. The maximum atomic E-state index is 11.5. The summed E-state index contributed by atoms with van der Waals surface area (Å²) in [7, 11) is 0. The van der Waals surface area contributed by atoms with Gasteiger partial charge in [-0.25, -0.2) is 0 Å². The average molecular weight is 173 g/mol. The molecule has 2 aliphatic carbocycles. The molecule has 2 heteroatoms. The lowest BCUT2D eigenvalue weighted by Gasteiger charge is -2.45. The first-order chi connectivity index (χ1) is 5.20. The molecule has 0 spiro atoms. The Kier molecular flexibility index (Phi) is 1.54. The summed E-state index contributed by atoms with van der Waals surface area (Å²) in [4.78, 5) is 11.1. The van der Waals surface area contributed by atoms with Crippen LogP contribution in [0.2, 0.25) is 0 Å². The molecule has 62 valence electrons. The monoisotopic (exact) mass is 172 g/mol. The summed E-state index contributed by atoms with van der Waals surface area (Å²) in [5, 5.41) is 0. The van der Waals surface area contributed by atoms with Gasteiger partial charge in [-0.05, 0) is 25.2 Å². The van der Waals surface area contributed by atoms with Crippen LogP contribution in [0.15, 0.2) is 0 Å². The number of halogens is 1. The van der Waals surface area contributed by atoms with Gasteiger partial charge in [-0.3, -0.25) is 4.79 Å². The molecule has 0 saturated heterocycles. The third-order valence-electron chi connectivity index (χ3n) is 3.32. The third-order valence-corrected chi connectivity index (χ3v) is 3.97. The molecule has 2 rings (SSSR count). The number of fused-ring (bicyclic) bond motifs is 1. The highest BCUT2D eigenvalue weighted by Gasteiger charge is 2.61. The SMILES string of the molecule is CCC1C(=O)C2(Cl)CCCC12. The van der Waals surface area contributed by atoms with Crippen LogP contribution in [0.4, 0.5) is 0 Å². The first kappa shape index (κ1) is 7.60. The molecule has 0 aromatic heterocycles. The molecule has 11 heavy (non-hydrogen) atoms. The molecule has 0 amide bonds. The van der Waals surface area contributed by atoms with E-state index in [4.69, 9.17) is 11.6 Å². The quantitative estimate of drug-likeness (QED) is 0.555. The van der Waals surface area contributed by atoms with Crippen molar-refractivity contribution >= 4 is 17.4 Å². The first-order valence-electron chi connectivity index (χ1n) is 4.43. The van der Waals surface area contributed by atoms with Gasteiger partial charge >= 0.3 is 0 Å². The van der Waals surface area contributed by atoms with Crippen molar-refractivity contribution in [3.8, 4) is 0 Å². The molecule has 1 nitrogen and oxygen atoms in total. The fourth-order valence-electron chi connectivity index (χ4n) is 2.68. The van der Waals surface area contributed by atoms with Crippen molar-refractivity contribution in [1.82, 2.24) is 0 Å². The molecule has 0 aromatic carbocycles. The number of ketones is 1. The van der Waals surface area contributed by atoms with Crippen LogP contribution in [-0.4, -0.2) is 10.7 Å². The number of Topliss-reactive ketones (excluding diaryl/α,β-unsaturated/α-hetero) is 1. The van der Waals surface area contributed by atoms with E-state index < -0.39 is 4.87 Å². The highest BCUT2D eigenvalue weighted by molar-refractivity contribution is 6.38. The number of hydrogen-bond acceptors (Lipinski definition) is 1. The van der Waals surface area contributed by atoms with E-state index in [0.717, 1.165) is 19.3 Å². The minimum absolute atomic E-state index is 0.301. The van der Waals surface area contributed by atoms with Gasteiger partial charge in [0.2, 0.25) is 0 Å². The Morgan fingerprint density at radius 1 is 1.73 bits per heavy atom. The second-order valence-electron chi connectivity index (χ2n) is 3.74. The van der Waals surface area contributed by atoms with E-state index in [0.29, 0.717) is 17.6 Å². The number of alkyl halides is 1. The molecule has 0 aliphatic heterocycles. The Balaban J connectivity index is 2.20. The highest BCUT2D eigenvalue weighted by Crippen LogP contribution is 2.56. The van der Waals surface area contributed by atoms with Gasteiger partial charge in [0.15, 0.2) is 5.78 Å². The second kappa shape index (κ2) is 2.22. The molecule has 3 unspecified atom stereocenters. The molecule has 0 bridgehead atoms. The Morgan fingerprint density at radius 2 is 2.45 bits per heavy atom. The number of carbonyl (C=O) groups excluding carboxylic acids is 1. The minimum Gasteiger partial charge on any atom is -0.297 e. The van der Waals surface area contributed by atoms with Gasteiger partial charge in [0.1, 0.15) is 4.87 Å². The van der Waals surface area contributed by atoms with Crippen LogP contribution in [-0.2, 0) is 4.79 Å². The van der Waals surface area contributed by atoms with Gasteiger partial charge in [-0.15, -0.1) is 11.6 Å². The van der Waals surface area contributed by atoms with E-state index >= 15 is 0 Å². The Hall–Kier alpha value is -0.0400. The van der Waals surface area contributed by atoms with Crippen LogP contribution >= 0.6 is 11.6 Å². The highest BCUT2D eigenvalue weighted by atomic mass is 35.5. The van der Waals surface area contributed by atoms with Crippen molar-refractivity contribution in [3.63, 3.8) is 0 Å². The van der Waals surface area contributed by atoms with E-state index in [1.807, 2.05) is 0 Å². The lowest BCUT2D eigenvalue weighted by molar-refractivity contribution is -0.138. The normalized spacial score (nSPS) is 48.7. The van der Waals surface area contributed by atoms with Crippen LogP contribution in [0.1, 0.15) is 32.6 Å². The van der Waals surface area contributed by atoms with Crippen LogP contribution in [0.25, 0.3) is 0 Å². The molecule has 2 saturated carbocycles. The van der Waals surface area contributed by atoms with Gasteiger partial charge in [-0.2, -0.15) is 0 Å². The average Bonchev–Trinajstić information content (AvgIpc) is 2.32. The van der Waals surface area contributed by atoms with Crippen LogP contribution in [0.5, 0.6) is 0 Å². The van der Waals surface area contributed by atoms with E-state index in [1.165, 1.54) is 6.42 Å². The van der Waals surface area contributed by atoms with Crippen molar-refractivity contribution in [1.29, 1.82) is 0 Å². The summed E-state index contributed by atoms with van der Waals surface area (Å²) in [6.45, 7) is 2.08. The van der Waals surface area contributed by atoms with Crippen molar-refractivity contribution < 1.29 is 4.79 Å². The molecule has 0 aromatic rings. The molecule has 0 heterocycles. The lowest BCUT2D eigenvalue weighted by Crippen LogP contribution is -2.56. The minimum atomic E-state index is -0.402. The van der Waals surface area contributed by atoms with Gasteiger partial charge in [0.25, 0.3) is 0 Å². The lowest BCUT2D eigenvalue weighted by atomic mass is 9.63. The van der Waals surface area contributed by atoms with E-state index in [2.05, 4.69) is 6.92 Å². The zero-order chi connectivity index (χ0) is 8.06. The predicted octanol–water partition coefficient (Wildman–Crippen LogP) is 2.37. The first-order valence-corrected chi connectivity index (χ1v) is 4.81. The Labute approximate surface area is 72.1 Å². The van der Waals surface area contributed by atoms with Gasteiger partial charge < -0.3 is 0 Å². The zero-order valence-electron chi connectivity index (χ0n) is 6.77. The standard InChI is InChI=1S/C9H13ClO/c1-2-6-7-4-3-5-9(7,10)8(6)11/h6-7H,2-5H2,1H3. The molecule has 3 atom stereocenters. The van der Waals surface area contributed by atoms with Crippen molar-refractivity contribution in [2.75, 3.05) is 0 Å². The number of hydrogen-bond donors (Lipinski definition) is 0. The molecular weight excluding hydrogens is 160 g/mol.